The van der Waals surface area contributed by atoms with Gasteiger partial charge in [-0.3, -0.25) is 4.79 Å². The molecule has 0 aromatic carbocycles. The van der Waals surface area contributed by atoms with Gasteiger partial charge in [0.05, 0.1) is 0 Å². The highest BCUT2D eigenvalue weighted by molar-refractivity contribution is 5.78. The summed E-state index contributed by atoms with van der Waals surface area (Å²) >= 11 is 0. The zero-order valence-corrected chi connectivity index (χ0v) is 6.22. The van der Waals surface area contributed by atoms with Crippen molar-refractivity contribution in [2.24, 2.45) is 5.92 Å². The van der Waals surface area contributed by atoms with E-state index < -0.39 is 0 Å². The molecule has 58 valence electrons. The first-order chi connectivity index (χ1) is 4.84. The Morgan fingerprint density at radius 2 is 2.10 bits per heavy atom. The van der Waals surface area contributed by atoms with E-state index in [-0.39, 0.29) is 11.8 Å². The standard InChI is InChI=1S/C7H13NO2/c1-8-7(9)6-2-4-10-5-3-6/h6H,2-5H2,1H3,(H,8,9). The average molecular weight is 143 g/mol. The zero-order valence-electron chi connectivity index (χ0n) is 6.22. The molecule has 0 radical (unpaired) electrons. The summed E-state index contributed by atoms with van der Waals surface area (Å²) in [5, 5.41) is 2.64. The van der Waals surface area contributed by atoms with Crippen LogP contribution in [0, 0.1) is 5.92 Å². The molecule has 3 nitrogen and oxygen atoms in total. The molecular weight excluding hydrogens is 130 g/mol. The number of nitrogens with one attached hydrogen (secondary N) is 1. The third kappa shape index (κ3) is 1.70. The lowest BCUT2D eigenvalue weighted by molar-refractivity contribution is -0.127. The Balaban J connectivity index is 2.31. The number of ether oxygens (including phenoxy) is 1. The van der Waals surface area contributed by atoms with Crippen molar-refractivity contribution in [2.45, 2.75) is 12.8 Å². The molecule has 0 bridgehead atoms. The van der Waals surface area contributed by atoms with Crippen molar-refractivity contribution < 1.29 is 9.53 Å². The van der Waals surface area contributed by atoms with Gasteiger partial charge in [0.1, 0.15) is 0 Å². The Hall–Kier alpha value is -0.570. The van der Waals surface area contributed by atoms with Crippen LogP contribution in [0.2, 0.25) is 0 Å². The molecule has 0 unspecified atom stereocenters. The third-order valence-corrected chi connectivity index (χ3v) is 1.84. The molecule has 0 aromatic rings. The second-order valence-corrected chi connectivity index (χ2v) is 2.50. The highest BCUT2D eigenvalue weighted by Gasteiger charge is 2.19. The largest absolute Gasteiger partial charge is 0.381 e. The number of hydrogen-bond donors (Lipinski definition) is 1. The van der Waals surface area contributed by atoms with Crippen LogP contribution in [0.1, 0.15) is 12.8 Å². The number of rotatable bonds is 1. The SMILES string of the molecule is CNC(=O)C1CCOCC1. The van der Waals surface area contributed by atoms with E-state index in [1.54, 1.807) is 7.05 Å². The molecule has 3 heteroatoms. The van der Waals surface area contributed by atoms with E-state index in [9.17, 15) is 4.79 Å². The summed E-state index contributed by atoms with van der Waals surface area (Å²) in [6, 6.07) is 0. The highest BCUT2D eigenvalue weighted by Crippen LogP contribution is 2.13. The minimum atomic E-state index is 0.156. The maximum absolute atomic E-state index is 11.0. The second-order valence-electron chi connectivity index (χ2n) is 2.50. The molecule has 0 spiro atoms. The predicted octanol–water partition coefficient (Wildman–Crippen LogP) is 0.159. The van der Waals surface area contributed by atoms with Gasteiger partial charge < -0.3 is 10.1 Å². The van der Waals surface area contributed by atoms with Gasteiger partial charge in [-0.1, -0.05) is 0 Å². The lowest BCUT2D eigenvalue weighted by Gasteiger charge is -2.19. The maximum atomic E-state index is 11.0. The number of carbonyl (C=O) groups excluding carboxylic acids is 1. The summed E-state index contributed by atoms with van der Waals surface area (Å²) in [7, 11) is 1.68. The summed E-state index contributed by atoms with van der Waals surface area (Å²) in [4.78, 5) is 11.0. The first kappa shape index (κ1) is 7.54. The smallest absolute Gasteiger partial charge is 0.223 e. The van der Waals surface area contributed by atoms with Crippen LogP contribution in [0.25, 0.3) is 0 Å². The quantitative estimate of drug-likeness (QED) is 0.567. The molecule has 1 saturated heterocycles. The zero-order chi connectivity index (χ0) is 7.40. The van der Waals surface area contributed by atoms with Crippen LogP contribution in [0.4, 0.5) is 0 Å². The summed E-state index contributed by atoms with van der Waals surface area (Å²) in [5.74, 6) is 0.349. The first-order valence-electron chi connectivity index (χ1n) is 3.64. The van der Waals surface area contributed by atoms with Crippen molar-refractivity contribution in [1.29, 1.82) is 0 Å². The van der Waals surface area contributed by atoms with Crippen LogP contribution in [-0.2, 0) is 9.53 Å². The van der Waals surface area contributed by atoms with Crippen molar-refractivity contribution in [1.82, 2.24) is 5.32 Å². The van der Waals surface area contributed by atoms with Gasteiger partial charge in [0, 0.05) is 26.2 Å². The van der Waals surface area contributed by atoms with E-state index in [1.165, 1.54) is 0 Å². The maximum Gasteiger partial charge on any atom is 0.223 e. The van der Waals surface area contributed by atoms with Crippen LogP contribution >= 0.6 is 0 Å². The molecule has 0 atom stereocenters. The van der Waals surface area contributed by atoms with Gasteiger partial charge in [-0.15, -0.1) is 0 Å². The molecule has 0 saturated carbocycles. The van der Waals surface area contributed by atoms with Crippen LogP contribution in [-0.4, -0.2) is 26.2 Å². The third-order valence-electron chi connectivity index (χ3n) is 1.84. The molecule has 1 aliphatic heterocycles. The van der Waals surface area contributed by atoms with E-state index in [1.807, 2.05) is 0 Å². The highest BCUT2D eigenvalue weighted by atomic mass is 16.5. The van der Waals surface area contributed by atoms with Crippen LogP contribution < -0.4 is 5.32 Å². The van der Waals surface area contributed by atoms with Crippen LogP contribution in [0.3, 0.4) is 0 Å². The number of amides is 1. The molecule has 1 amide bonds. The van der Waals surface area contributed by atoms with E-state index in [4.69, 9.17) is 4.74 Å². The average Bonchev–Trinajstić information content (AvgIpc) is 2.05. The minimum Gasteiger partial charge on any atom is -0.381 e. The van der Waals surface area contributed by atoms with Crippen molar-refractivity contribution in [3.05, 3.63) is 0 Å². The van der Waals surface area contributed by atoms with Crippen LogP contribution in [0.15, 0.2) is 0 Å². The van der Waals surface area contributed by atoms with Gasteiger partial charge in [0.25, 0.3) is 0 Å². The second kappa shape index (κ2) is 3.56. The number of carbonyl (C=O) groups is 1. The molecule has 1 N–H and O–H groups in total. The summed E-state index contributed by atoms with van der Waals surface area (Å²) in [6.45, 7) is 1.47. The van der Waals surface area contributed by atoms with E-state index in [0.29, 0.717) is 0 Å². The Bertz CT molecular complexity index is 119. The van der Waals surface area contributed by atoms with Crippen molar-refractivity contribution in [2.75, 3.05) is 20.3 Å². The Morgan fingerprint density at radius 1 is 1.50 bits per heavy atom. The molecular formula is C7H13NO2. The molecule has 1 heterocycles. The topological polar surface area (TPSA) is 38.3 Å². The predicted molar refractivity (Wildman–Crippen MR) is 37.6 cm³/mol. The number of hydrogen-bond acceptors (Lipinski definition) is 2. The summed E-state index contributed by atoms with van der Waals surface area (Å²) < 4.78 is 5.11. The van der Waals surface area contributed by atoms with E-state index in [2.05, 4.69) is 5.32 Å². The normalized spacial score (nSPS) is 20.5. The first-order valence-corrected chi connectivity index (χ1v) is 3.64. The monoisotopic (exact) mass is 143 g/mol. The summed E-state index contributed by atoms with van der Waals surface area (Å²) in [5.41, 5.74) is 0. The van der Waals surface area contributed by atoms with Gasteiger partial charge in [-0.2, -0.15) is 0 Å². The Morgan fingerprint density at radius 3 is 2.60 bits per heavy atom. The van der Waals surface area contributed by atoms with Gasteiger partial charge in [-0.05, 0) is 12.8 Å². The fraction of sp³-hybridized carbons (Fsp3) is 0.857. The van der Waals surface area contributed by atoms with Gasteiger partial charge >= 0.3 is 0 Å². The molecule has 1 rings (SSSR count). The molecule has 0 aliphatic carbocycles. The fourth-order valence-corrected chi connectivity index (χ4v) is 1.16. The minimum absolute atomic E-state index is 0.156. The molecule has 0 aromatic heterocycles. The van der Waals surface area contributed by atoms with Crippen molar-refractivity contribution in [3.63, 3.8) is 0 Å². The summed E-state index contributed by atoms with van der Waals surface area (Å²) in [6.07, 6.45) is 1.75. The molecule has 1 aliphatic rings. The Kier molecular flexibility index (Phi) is 2.68. The fourth-order valence-electron chi connectivity index (χ4n) is 1.16. The lowest BCUT2D eigenvalue weighted by Crippen LogP contribution is -2.31. The van der Waals surface area contributed by atoms with Crippen molar-refractivity contribution in [3.8, 4) is 0 Å². The molecule has 1 fully saturated rings. The van der Waals surface area contributed by atoms with Gasteiger partial charge in [-0.25, -0.2) is 0 Å². The van der Waals surface area contributed by atoms with E-state index in [0.717, 1.165) is 26.1 Å². The Labute approximate surface area is 60.7 Å². The van der Waals surface area contributed by atoms with Crippen LogP contribution in [0.5, 0.6) is 0 Å². The lowest BCUT2D eigenvalue weighted by atomic mass is 10.00. The van der Waals surface area contributed by atoms with Gasteiger partial charge in [0.15, 0.2) is 0 Å². The molecule has 10 heavy (non-hydrogen) atoms. The van der Waals surface area contributed by atoms with E-state index >= 15 is 0 Å². The van der Waals surface area contributed by atoms with Crippen molar-refractivity contribution >= 4 is 5.91 Å². The van der Waals surface area contributed by atoms with Gasteiger partial charge in [0.2, 0.25) is 5.91 Å².